The van der Waals surface area contributed by atoms with Gasteiger partial charge in [0.25, 0.3) is 0 Å². The van der Waals surface area contributed by atoms with Crippen molar-refractivity contribution in [3.8, 4) is 44.5 Å². The van der Waals surface area contributed by atoms with E-state index in [1.807, 2.05) is 0 Å². The first-order valence-electron chi connectivity index (χ1n) is 19.7. The van der Waals surface area contributed by atoms with Gasteiger partial charge in [0.1, 0.15) is 0 Å². The summed E-state index contributed by atoms with van der Waals surface area (Å²) in [5.41, 5.74) is 19.9. The molecule has 4 aliphatic heterocycles. The smallest absolute Gasteiger partial charge is 0.0431 e. The van der Waals surface area contributed by atoms with Crippen LogP contribution in [0.1, 0.15) is 47.9 Å². The standard InChI is InChI=1S/C50H44N2/c1-2-14-44-43(13-1)47(35-21-17-33(18-22-35)41-29-37-9-5-25-51-26-6-10-38(30-41)49(37)51)45-15-3-4-16-46(45)48(44)36-23-19-34(20-24-36)42-31-39-11-7-27-52-28-8-12-40(32-42)50(39)52/h1-4,13-24,29-32H,5-12,25-28H2. The Bertz CT molecular complexity index is 2230. The van der Waals surface area contributed by atoms with Gasteiger partial charge in [0.2, 0.25) is 0 Å². The van der Waals surface area contributed by atoms with Gasteiger partial charge in [-0.15, -0.1) is 0 Å². The molecule has 52 heavy (non-hydrogen) atoms. The maximum atomic E-state index is 2.64. The monoisotopic (exact) mass is 672 g/mol. The first-order valence-corrected chi connectivity index (χ1v) is 19.7. The minimum atomic E-state index is 1.20. The largest absolute Gasteiger partial charge is 0.371 e. The first-order chi connectivity index (χ1) is 25.8. The molecule has 0 saturated heterocycles. The van der Waals surface area contributed by atoms with Gasteiger partial charge >= 0.3 is 0 Å². The highest BCUT2D eigenvalue weighted by Crippen LogP contribution is 2.45. The molecule has 7 aromatic rings. The van der Waals surface area contributed by atoms with Gasteiger partial charge in [-0.25, -0.2) is 0 Å². The lowest BCUT2D eigenvalue weighted by atomic mass is 9.84. The number of rotatable bonds is 4. The minimum absolute atomic E-state index is 1.20. The summed E-state index contributed by atoms with van der Waals surface area (Å²) in [7, 11) is 0. The van der Waals surface area contributed by atoms with Crippen LogP contribution in [0.4, 0.5) is 11.4 Å². The Kier molecular flexibility index (Phi) is 7.07. The zero-order chi connectivity index (χ0) is 34.2. The third kappa shape index (κ3) is 4.84. The van der Waals surface area contributed by atoms with E-state index in [9.17, 15) is 0 Å². The van der Waals surface area contributed by atoms with Crippen molar-refractivity contribution in [2.45, 2.75) is 51.4 Å². The Morgan fingerprint density at radius 1 is 0.308 bits per heavy atom. The average Bonchev–Trinajstić information content (AvgIpc) is 3.20. The van der Waals surface area contributed by atoms with Crippen LogP contribution < -0.4 is 9.80 Å². The van der Waals surface area contributed by atoms with Crippen molar-refractivity contribution < 1.29 is 0 Å². The number of anilines is 2. The van der Waals surface area contributed by atoms with Gasteiger partial charge in [0.05, 0.1) is 0 Å². The molecule has 2 heteroatoms. The van der Waals surface area contributed by atoms with Crippen molar-refractivity contribution in [2.24, 2.45) is 0 Å². The molecule has 7 aromatic carbocycles. The third-order valence-electron chi connectivity index (χ3n) is 12.6. The molecule has 0 N–H and O–H groups in total. The molecule has 0 atom stereocenters. The fraction of sp³-hybridized carbons (Fsp3) is 0.240. The molecular weight excluding hydrogens is 629 g/mol. The van der Waals surface area contributed by atoms with Crippen molar-refractivity contribution in [1.82, 2.24) is 0 Å². The summed E-state index contributed by atoms with van der Waals surface area (Å²) >= 11 is 0. The molecule has 0 fully saturated rings. The zero-order valence-corrected chi connectivity index (χ0v) is 29.9. The van der Waals surface area contributed by atoms with E-state index in [2.05, 4.69) is 131 Å². The predicted molar refractivity (Wildman–Crippen MR) is 221 cm³/mol. The summed E-state index contributed by atoms with van der Waals surface area (Å²) in [6, 6.07) is 46.9. The lowest BCUT2D eigenvalue weighted by Gasteiger charge is -2.37. The van der Waals surface area contributed by atoms with Crippen LogP contribution in [0.15, 0.2) is 121 Å². The van der Waals surface area contributed by atoms with E-state index >= 15 is 0 Å². The molecule has 2 nitrogen and oxygen atoms in total. The van der Waals surface area contributed by atoms with Crippen LogP contribution in [-0.4, -0.2) is 26.2 Å². The van der Waals surface area contributed by atoms with Gasteiger partial charge in [0.15, 0.2) is 0 Å². The topological polar surface area (TPSA) is 6.48 Å². The van der Waals surface area contributed by atoms with Gasteiger partial charge < -0.3 is 9.80 Å². The highest BCUT2D eigenvalue weighted by atomic mass is 15.1. The molecule has 0 unspecified atom stereocenters. The van der Waals surface area contributed by atoms with Crippen LogP contribution in [0, 0.1) is 0 Å². The molecular formula is C50H44N2. The highest BCUT2D eigenvalue weighted by Gasteiger charge is 2.26. The predicted octanol–water partition coefficient (Wildman–Crippen LogP) is 12.1. The van der Waals surface area contributed by atoms with Crippen molar-refractivity contribution in [2.75, 3.05) is 36.0 Å². The van der Waals surface area contributed by atoms with Gasteiger partial charge in [-0.05, 0) is 164 Å². The van der Waals surface area contributed by atoms with E-state index in [0.717, 1.165) is 0 Å². The van der Waals surface area contributed by atoms with Crippen molar-refractivity contribution >= 4 is 32.9 Å². The second-order valence-corrected chi connectivity index (χ2v) is 15.7. The first kappa shape index (κ1) is 30.3. The van der Waals surface area contributed by atoms with Crippen molar-refractivity contribution in [1.29, 1.82) is 0 Å². The van der Waals surface area contributed by atoms with Crippen molar-refractivity contribution in [3.63, 3.8) is 0 Å². The average molecular weight is 673 g/mol. The summed E-state index contributed by atoms with van der Waals surface area (Å²) in [4.78, 5) is 5.27. The molecule has 0 aromatic heterocycles. The Morgan fingerprint density at radius 2 is 0.596 bits per heavy atom. The van der Waals surface area contributed by atoms with Crippen LogP contribution in [0.25, 0.3) is 66.1 Å². The maximum Gasteiger partial charge on any atom is 0.0431 e. The SMILES string of the molecule is c1ccc2c(-c3ccc(-c4cc5c6c(c4)CCCN6CCC5)cc3)c3ccccc3c(-c3ccc(-c4cc5c6c(c4)CCCN6CCC5)cc3)c2c1. The molecule has 0 aliphatic carbocycles. The number of nitrogens with zero attached hydrogens (tertiary/aromatic N) is 2. The molecule has 254 valence electrons. The number of aryl methyl sites for hydroxylation is 4. The van der Waals surface area contributed by atoms with E-state index in [0.29, 0.717) is 0 Å². The summed E-state index contributed by atoms with van der Waals surface area (Å²) in [5, 5.41) is 5.24. The molecule has 0 spiro atoms. The molecule has 0 saturated carbocycles. The van der Waals surface area contributed by atoms with E-state index in [1.165, 1.54) is 144 Å². The van der Waals surface area contributed by atoms with Crippen LogP contribution in [0.5, 0.6) is 0 Å². The Labute approximate surface area is 307 Å². The van der Waals surface area contributed by atoms with Gasteiger partial charge in [-0.2, -0.15) is 0 Å². The lowest BCUT2D eigenvalue weighted by molar-refractivity contribution is 0.634. The second-order valence-electron chi connectivity index (χ2n) is 15.7. The zero-order valence-electron chi connectivity index (χ0n) is 29.9. The molecule has 0 radical (unpaired) electrons. The van der Waals surface area contributed by atoms with E-state index in [1.54, 1.807) is 33.6 Å². The lowest BCUT2D eigenvalue weighted by Crippen LogP contribution is -2.34. The minimum Gasteiger partial charge on any atom is -0.371 e. The molecule has 0 amide bonds. The summed E-state index contributed by atoms with van der Waals surface area (Å²) in [6.45, 7) is 4.87. The number of fused-ring (bicyclic) bond motifs is 2. The number of benzene rings is 7. The summed E-state index contributed by atoms with van der Waals surface area (Å²) < 4.78 is 0. The Balaban J connectivity index is 0.995. The normalized spacial score (nSPS) is 16.2. The van der Waals surface area contributed by atoms with Gasteiger partial charge in [0, 0.05) is 37.6 Å². The highest BCUT2D eigenvalue weighted by molar-refractivity contribution is 6.21. The van der Waals surface area contributed by atoms with Crippen LogP contribution in [0.3, 0.4) is 0 Å². The van der Waals surface area contributed by atoms with E-state index in [4.69, 9.17) is 0 Å². The molecule has 4 heterocycles. The molecule has 11 rings (SSSR count). The van der Waals surface area contributed by atoms with E-state index < -0.39 is 0 Å². The summed E-state index contributed by atoms with van der Waals surface area (Å²) in [5.74, 6) is 0. The second kappa shape index (κ2) is 12.1. The van der Waals surface area contributed by atoms with Gasteiger partial charge in [-0.1, -0.05) is 97.1 Å². The fourth-order valence-corrected chi connectivity index (χ4v) is 10.3. The fourth-order valence-electron chi connectivity index (χ4n) is 10.3. The summed E-state index contributed by atoms with van der Waals surface area (Å²) in [6.07, 6.45) is 9.87. The number of hydrogen-bond donors (Lipinski definition) is 0. The molecule has 0 bridgehead atoms. The maximum absolute atomic E-state index is 2.64. The van der Waals surface area contributed by atoms with Crippen LogP contribution in [0.2, 0.25) is 0 Å². The molecule has 4 aliphatic rings. The van der Waals surface area contributed by atoms with Crippen LogP contribution >= 0.6 is 0 Å². The Morgan fingerprint density at radius 3 is 0.904 bits per heavy atom. The van der Waals surface area contributed by atoms with Gasteiger partial charge in [-0.3, -0.25) is 0 Å². The van der Waals surface area contributed by atoms with E-state index in [-0.39, 0.29) is 0 Å². The third-order valence-corrected chi connectivity index (χ3v) is 12.6. The number of hydrogen-bond acceptors (Lipinski definition) is 2. The Hall–Kier alpha value is -5.34. The van der Waals surface area contributed by atoms with Crippen molar-refractivity contribution in [3.05, 3.63) is 144 Å². The quantitative estimate of drug-likeness (QED) is 0.172. The van der Waals surface area contributed by atoms with Crippen LogP contribution in [-0.2, 0) is 25.7 Å².